The highest BCUT2D eigenvalue weighted by atomic mass is 35.5. The van der Waals surface area contributed by atoms with E-state index in [9.17, 15) is 4.79 Å². The Morgan fingerprint density at radius 3 is 2.61 bits per heavy atom. The summed E-state index contributed by atoms with van der Waals surface area (Å²) in [6, 6.07) is 15.9. The summed E-state index contributed by atoms with van der Waals surface area (Å²) < 4.78 is 10.5. The van der Waals surface area contributed by atoms with Gasteiger partial charge in [0.25, 0.3) is 5.89 Å². The number of benzene rings is 2. The van der Waals surface area contributed by atoms with Crippen LogP contribution < -0.4 is 5.63 Å². The van der Waals surface area contributed by atoms with Gasteiger partial charge >= 0.3 is 5.63 Å². The second-order valence-corrected chi connectivity index (χ2v) is 5.35. The Balaban J connectivity index is 1.81. The number of nitrogens with zero attached hydrogens (tertiary/aromatic N) is 2. The van der Waals surface area contributed by atoms with Gasteiger partial charge in [-0.25, -0.2) is 4.79 Å². The fraction of sp³-hybridized carbons (Fsp3) is 0. The molecule has 0 unspecified atom stereocenters. The Kier molecular flexibility index (Phi) is 3.20. The molecule has 0 N–H and O–H groups in total. The van der Waals surface area contributed by atoms with Crippen LogP contribution in [0.25, 0.3) is 33.8 Å². The van der Waals surface area contributed by atoms with Crippen LogP contribution in [0.1, 0.15) is 0 Å². The van der Waals surface area contributed by atoms with Crippen molar-refractivity contribution in [2.75, 3.05) is 0 Å². The van der Waals surface area contributed by atoms with Crippen LogP contribution in [0.4, 0.5) is 0 Å². The standard InChI is InChI=1S/C17H9ClN2O3/c18-12-7-5-10(6-8-12)15-19-16(23-20-15)13-9-11-3-1-2-4-14(11)22-17(13)21/h1-9H. The third-order valence-electron chi connectivity index (χ3n) is 3.40. The predicted octanol–water partition coefficient (Wildman–Crippen LogP) is 4.16. The van der Waals surface area contributed by atoms with E-state index in [4.69, 9.17) is 20.5 Å². The van der Waals surface area contributed by atoms with Crippen molar-refractivity contribution < 1.29 is 8.94 Å². The Morgan fingerprint density at radius 2 is 1.78 bits per heavy atom. The van der Waals surface area contributed by atoms with Gasteiger partial charge in [0.05, 0.1) is 0 Å². The van der Waals surface area contributed by atoms with Gasteiger partial charge in [-0.3, -0.25) is 0 Å². The van der Waals surface area contributed by atoms with Crippen molar-refractivity contribution in [3.8, 4) is 22.8 Å². The SMILES string of the molecule is O=c1oc2ccccc2cc1-c1nc(-c2ccc(Cl)cc2)no1. The third-order valence-corrected chi connectivity index (χ3v) is 3.65. The maximum absolute atomic E-state index is 12.1. The van der Waals surface area contributed by atoms with E-state index < -0.39 is 5.63 Å². The lowest BCUT2D eigenvalue weighted by molar-refractivity contribution is 0.429. The molecular formula is C17H9ClN2O3. The van der Waals surface area contributed by atoms with E-state index in [0.29, 0.717) is 16.4 Å². The van der Waals surface area contributed by atoms with Gasteiger partial charge in [-0.2, -0.15) is 4.98 Å². The van der Waals surface area contributed by atoms with E-state index in [1.54, 1.807) is 42.5 Å². The van der Waals surface area contributed by atoms with Gasteiger partial charge in [-0.1, -0.05) is 35.0 Å². The van der Waals surface area contributed by atoms with Crippen LogP contribution in [0.2, 0.25) is 5.02 Å². The molecule has 0 saturated carbocycles. The molecule has 2 heterocycles. The molecule has 0 spiro atoms. The number of fused-ring (bicyclic) bond motifs is 1. The first-order valence-electron chi connectivity index (χ1n) is 6.83. The monoisotopic (exact) mass is 324 g/mol. The van der Waals surface area contributed by atoms with E-state index in [1.165, 1.54) is 0 Å². The van der Waals surface area contributed by atoms with Gasteiger partial charge in [-0.05, 0) is 36.4 Å². The first kappa shape index (κ1) is 13.7. The molecule has 0 aliphatic carbocycles. The van der Waals surface area contributed by atoms with E-state index >= 15 is 0 Å². The van der Waals surface area contributed by atoms with Crippen LogP contribution in [0.3, 0.4) is 0 Å². The number of hydrogen-bond donors (Lipinski definition) is 0. The van der Waals surface area contributed by atoms with Crippen LogP contribution in [0.15, 0.2) is 68.3 Å². The molecule has 0 bridgehead atoms. The molecule has 6 heteroatoms. The van der Waals surface area contributed by atoms with Crippen LogP contribution in [-0.4, -0.2) is 10.1 Å². The highest BCUT2D eigenvalue weighted by molar-refractivity contribution is 6.30. The quantitative estimate of drug-likeness (QED) is 0.518. The molecule has 4 aromatic rings. The fourth-order valence-electron chi connectivity index (χ4n) is 2.26. The summed E-state index contributed by atoms with van der Waals surface area (Å²) in [6.07, 6.45) is 0. The van der Waals surface area contributed by atoms with Gasteiger partial charge in [0.2, 0.25) is 5.82 Å². The summed E-state index contributed by atoms with van der Waals surface area (Å²) in [5.74, 6) is 0.499. The largest absolute Gasteiger partial charge is 0.422 e. The summed E-state index contributed by atoms with van der Waals surface area (Å²) in [5, 5.41) is 5.31. The maximum Gasteiger partial charge on any atom is 0.349 e. The van der Waals surface area contributed by atoms with Crippen molar-refractivity contribution in [3.63, 3.8) is 0 Å². The van der Waals surface area contributed by atoms with Crippen molar-refractivity contribution >= 4 is 22.6 Å². The summed E-state index contributed by atoms with van der Waals surface area (Å²) in [5.41, 5.74) is 0.972. The summed E-state index contributed by atoms with van der Waals surface area (Å²) in [7, 11) is 0. The molecule has 0 amide bonds. The zero-order valence-electron chi connectivity index (χ0n) is 11.7. The molecule has 2 aromatic carbocycles. The van der Waals surface area contributed by atoms with Crippen LogP contribution in [0, 0.1) is 0 Å². The Morgan fingerprint density at radius 1 is 1.00 bits per heavy atom. The first-order valence-corrected chi connectivity index (χ1v) is 7.21. The zero-order chi connectivity index (χ0) is 15.8. The van der Waals surface area contributed by atoms with Crippen LogP contribution in [-0.2, 0) is 0 Å². The topological polar surface area (TPSA) is 69.1 Å². The summed E-state index contributed by atoms with van der Waals surface area (Å²) in [4.78, 5) is 16.4. The van der Waals surface area contributed by atoms with Crippen molar-refractivity contribution in [2.24, 2.45) is 0 Å². The van der Waals surface area contributed by atoms with Gasteiger partial charge in [0.15, 0.2) is 0 Å². The van der Waals surface area contributed by atoms with Crippen molar-refractivity contribution in [1.82, 2.24) is 10.1 Å². The van der Waals surface area contributed by atoms with E-state index in [1.807, 2.05) is 12.1 Å². The summed E-state index contributed by atoms with van der Waals surface area (Å²) in [6.45, 7) is 0. The van der Waals surface area contributed by atoms with Gasteiger partial charge in [0.1, 0.15) is 11.1 Å². The van der Waals surface area contributed by atoms with Crippen molar-refractivity contribution in [2.45, 2.75) is 0 Å². The average molecular weight is 325 g/mol. The zero-order valence-corrected chi connectivity index (χ0v) is 12.4. The molecule has 0 fully saturated rings. The minimum absolute atomic E-state index is 0.120. The van der Waals surface area contributed by atoms with E-state index in [0.717, 1.165) is 10.9 Å². The highest BCUT2D eigenvalue weighted by Gasteiger charge is 2.15. The number of aromatic nitrogens is 2. The van der Waals surface area contributed by atoms with E-state index in [2.05, 4.69) is 10.1 Å². The molecule has 5 nitrogen and oxygen atoms in total. The van der Waals surface area contributed by atoms with Crippen molar-refractivity contribution in [3.05, 3.63) is 70.0 Å². The maximum atomic E-state index is 12.1. The molecular weight excluding hydrogens is 316 g/mol. The van der Waals surface area contributed by atoms with Crippen LogP contribution >= 0.6 is 11.6 Å². The molecule has 23 heavy (non-hydrogen) atoms. The molecule has 0 radical (unpaired) electrons. The smallest absolute Gasteiger partial charge is 0.349 e. The minimum Gasteiger partial charge on any atom is -0.422 e. The molecule has 0 saturated heterocycles. The first-order chi connectivity index (χ1) is 11.2. The molecule has 0 aliphatic heterocycles. The average Bonchev–Trinajstić information content (AvgIpc) is 3.04. The number of halogens is 1. The second kappa shape index (κ2) is 5.37. The predicted molar refractivity (Wildman–Crippen MR) is 86.2 cm³/mol. The third kappa shape index (κ3) is 2.51. The molecule has 0 atom stereocenters. The minimum atomic E-state index is -0.519. The lowest BCUT2D eigenvalue weighted by Crippen LogP contribution is -2.02. The van der Waals surface area contributed by atoms with Gasteiger partial charge in [-0.15, -0.1) is 0 Å². The number of hydrogen-bond acceptors (Lipinski definition) is 5. The normalized spacial score (nSPS) is 11.0. The molecule has 2 aromatic heterocycles. The van der Waals surface area contributed by atoms with E-state index in [-0.39, 0.29) is 11.5 Å². The molecule has 4 rings (SSSR count). The fourth-order valence-corrected chi connectivity index (χ4v) is 2.39. The lowest BCUT2D eigenvalue weighted by atomic mass is 10.2. The van der Waals surface area contributed by atoms with Crippen molar-refractivity contribution in [1.29, 1.82) is 0 Å². The Labute approximate surface area is 135 Å². The summed E-state index contributed by atoms with van der Waals surface area (Å²) >= 11 is 5.86. The van der Waals surface area contributed by atoms with Gasteiger partial charge in [0, 0.05) is 16.0 Å². The van der Waals surface area contributed by atoms with Crippen LogP contribution in [0.5, 0.6) is 0 Å². The number of rotatable bonds is 2. The molecule has 0 aliphatic rings. The Bertz CT molecular complexity index is 1050. The van der Waals surface area contributed by atoms with Gasteiger partial charge < -0.3 is 8.94 Å². The highest BCUT2D eigenvalue weighted by Crippen LogP contribution is 2.23. The Hall–Kier alpha value is -2.92. The number of para-hydroxylation sites is 1. The second-order valence-electron chi connectivity index (χ2n) is 4.92. The molecule has 112 valence electrons. The lowest BCUT2D eigenvalue weighted by Gasteiger charge is -1.97.